The van der Waals surface area contributed by atoms with Crippen LogP contribution in [-0.2, 0) is 0 Å². The molecule has 0 bridgehead atoms. The smallest absolute Gasteiger partial charge is 0.138 e. The lowest BCUT2D eigenvalue weighted by molar-refractivity contribution is 0.146. The van der Waals surface area contributed by atoms with Gasteiger partial charge in [0.15, 0.2) is 0 Å². The summed E-state index contributed by atoms with van der Waals surface area (Å²) < 4.78 is 6.91. The van der Waals surface area contributed by atoms with Gasteiger partial charge < -0.3 is 10.1 Å². The van der Waals surface area contributed by atoms with Crippen molar-refractivity contribution >= 4 is 15.9 Å². The summed E-state index contributed by atoms with van der Waals surface area (Å²) in [6.45, 7) is 1.99. The predicted octanol–water partition coefficient (Wildman–Crippen LogP) is 2.88. The number of benzene rings is 1. The van der Waals surface area contributed by atoms with E-state index in [1.165, 1.54) is 18.4 Å². The highest BCUT2D eigenvalue weighted by atomic mass is 79.9. The largest absolute Gasteiger partial charge is 0.492 e. The van der Waals surface area contributed by atoms with Crippen molar-refractivity contribution in [3.8, 4) is 5.75 Å². The molecule has 1 fully saturated rings. The van der Waals surface area contributed by atoms with Crippen molar-refractivity contribution in [3.05, 3.63) is 28.2 Å². The SMILES string of the molecule is Brc1cccc2c1OCC1CCCNC21. The molecule has 2 heterocycles. The van der Waals surface area contributed by atoms with E-state index in [9.17, 15) is 0 Å². The average Bonchev–Trinajstić information content (AvgIpc) is 2.29. The summed E-state index contributed by atoms with van der Waals surface area (Å²) in [7, 11) is 0. The van der Waals surface area contributed by atoms with Crippen molar-refractivity contribution in [2.75, 3.05) is 13.2 Å². The van der Waals surface area contributed by atoms with E-state index in [1.54, 1.807) is 0 Å². The zero-order valence-electron chi connectivity index (χ0n) is 8.50. The van der Waals surface area contributed by atoms with Crippen LogP contribution in [0.2, 0.25) is 0 Å². The molecule has 0 aromatic heterocycles. The molecule has 0 radical (unpaired) electrons. The normalized spacial score (nSPS) is 28.9. The van der Waals surface area contributed by atoms with Gasteiger partial charge in [0.2, 0.25) is 0 Å². The maximum Gasteiger partial charge on any atom is 0.138 e. The predicted molar refractivity (Wildman–Crippen MR) is 63.1 cm³/mol. The van der Waals surface area contributed by atoms with Crippen molar-refractivity contribution in [3.63, 3.8) is 0 Å². The van der Waals surface area contributed by atoms with Gasteiger partial charge in [-0.25, -0.2) is 0 Å². The third kappa shape index (κ3) is 1.58. The number of ether oxygens (including phenoxy) is 1. The first kappa shape index (κ1) is 9.67. The van der Waals surface area contributed by atoms with Gasteiger partial charge in [-0.15, -0.1) is 0 Å². The Morgan fingerprint density at radius 2 is 2.33 bits per heavy atom. The fourth-order valence-electron chi connectivity index (χ4n) is 2.61. The minimum Gasteiger partial charge on any atom is -0.492 e. The van der Waals surface area contributed by atoms with E-state index < -0.39 is 0 Å². The molecule has 3 heteroatoms. The van der Waals surface area contributed by atoms with E-state index in [-0.39, 0.29) is 0 Å². The molecule has 2 unspecified atom stereocenters. The summed E-state index contributed by atoms with van der Waals surface area (Å²) in [5, 5.41) is 3.60. The van der Waals surface area contributed by atoms with Gasteiger partial charge in [-0.3, -0.25) is 0 Å². The van der Waals surface area contributed by atoms with E-state index >= 15 is 0 Å². The van der Waals surface area contributed by atoms with Crippen LogP contribution in [0.1, 0.15) is 24.4 Å². The van der Waals surface area contributed by atoms with Crippen molar-refractivity contribution in [1.82, 2.24) is 5.32 Å². The van der Waals surface area contributed by atoms with Crippen molar-refractivity contribution in [2.45, 2.75) is 18.9 Å². The van der Waals surface area contributed by atoms with Crippen LogP contribution in [0, 0.1) is 5.92 Å². The lowest BCUT2D eigenvalue weighted by Crippen LogP contribution is -2.39. The van der Waals surface area contributed by atoms with E-state index in [0.29, 0.717) is 12.0 Å². The zero-order valence-corrected chi connectivity index (χ0v) is 10.1. The van der Waals surface area contributed by atoms with Crippen LogP contribution in [0.25, 0.3) is 0 Å². The lowest BCUT2D eigenvalue weighted by Gasteiger charge is -2.38. The van der Waals surface area contributed by atoms with Crippen LogP contribution in [0.5, 0.6) is 5.75 Å². The third-order valence-corrected chi connectivity index (χ3v) is 3.99. The van der Waals surface area contributed by atoms with Gasteiger partial charge in [0.05, 0.1) is 11.1 Å². The Bertz CT molecular complexity index is 380. The number of nitrogens with one attached hydrogen (secondary N) is 1. The number of para-hydroxylation sites is 1. The van der Waals surface area contributed by atoms with Crippen LogP contribution in [0.15, 0.2) is 22.7 Å². The third-order valence-electron chi connectivity index (χ3n) is 3.36. The molecule has 0 amide bonds. The second kappa shape index (κ2) is 3.80. The summed E-state index contributed by atoms with van der Waals surface area (Å²) in [6, 6.07) is 6.81. The molecule has 3 rings (SSSR count). The number of piperidine rings is 1. The van der Waals surface area contributed by atoms with Gasteiger partial charge in [0, 0.05) is 17.5 Å². The Kier molecular flexibility index (Phi) is 2.45. The number of rotatable bonds is 0. The number of hydrogen-bond acceptors (Lipinski definition) is 2. The Morgan fingerprint density at radius 3 is 3.27 bits per heavy atom. The summed E-state index contributed by atoms with van der Waals surface area (Å²) in [4.78, 5) is 0. The molecule has 1 N–H and O–H groups in total. The first-order chi connectivity index (χ1) is 7.36. The van der Waals surface area contributed by atoms with Crippen LogP contribution in [0.4, 0.5) is 0 Å². The molecule has 0 saturated carbocycles. The van der Waals surface area contributed by atoms with Gasteiger partial charge in [-0.1, -0.05) is 12.1 Å². The number of halogens is 1. The summed E-state index contributed by atoms with van der Waals surface area (Å²) >= 11 is 3.55. The van der Waals surface area contributed by atoms with E-state index in [0.717, 1.165) is 23.4 Å². The fraction of sp³-hybridized carbons (Fsp3) is 0.500. The first-order valence-electron chi connectivity index (χ1n) is 5.51. The molecule has 1 aromatic carbocycles. The molecule has 1 aromatic rings. The molecule has 0 aliphatic carbocycles. The molecule has 2 nitrogen and oxygen atoms in total. The van der Waals surface area contributed by atoms with Crippen molar-refractivity contribution in [2.24, 2.45) is 5.92 Å². The second-order valence-electron chi connectivity index (χ2n) is 4.30. The van der Waals surface area contributed by atoms with Gasteiger partial charge in [-0.05, 0) is 41.4 Å². The van der Waals surface area contributed by atoms with E-state index in [1.807, 2.05) is 6.07 Å². The second-order valence-corrected chi connectivity index (χ2v) is 5.16. The van der Waals surface area contributed by atoms with Crippen molar-refractivity contribution in [1.29, 1.82) is 0 Å². The highest BCUT2D eigenvalue weighted by Gasteiger charge is 2.33. The molecular formula is C12H14BrNO. The molecular weight excluding hydrogens is 254 g/mol. The first-order valence-corrected chi connectivity index (χ1v) is 6.30. The molecule has 80 valence electrons. The molecule has 2 atom stereocenters. The highest BCUT2D eigenvalue weighted by Crippen LogP contribution is 2.42. The van der Waals surface area contributed by atoms with Crippen LogP contribution in [-0.4, -0.2) is 13.2 Å². The molecule has 15 heavy (non-hydrogen) atoms. The minimum absolute atomic E-state index is 0.500. The molecule has 0 spiro atoms. The lowest BCUT2D eigenvalue weighted by atomic mass is 9.85. The standard InChI is InChI=1S/C12H14BrNO/c13-10-5-1-4-9-11-8(3-2-6-14-11)7-15-12(9)10/h1,4-5,8,11,14H,2-3,6-7H2. The minimum atomic E-state index is 0.500. The van der Waals surface area contributed by atoms with Gasteiger partial charge in [0.1, 0.15) is 5.75 Å². The van der Waals surface area contributed by atoms with Crippen LogP contribution < -0.4 is 10.1 Å². The Labute approximate surface area is 98.1 Å². The van der Waals surface area contributed by atoms with Crippen LogP contribution >= 0.6 is 15.9 Å². The Balaban J connectivity index is 2.03. The van der Waals surface area contributed by atoms with E-state index in [2.05, 4.69) is 33.4 Å². The number of hydrogen-bond donors (Lipinski definition) is 1. The average molecular weight is 268 g/mol. The van der Waals surface area contributed by atoms with E-state index in [4.69, 9.17) is 4.74 Å². The summed E-state index contributed by atoms with van der Waals surface area (Å²) in [5.41, 5.74) is 1.32. The summed E-state index contributed by atoms with van der Waals surface area (Å²) in [6.07, 6.45) is 2.55. The molecule has 1 saturated heterocycles. The Morgan fingerprint density at radius 1 is 1.40 bits per heavy atom. The number of fused-ring (bicyclic) bond motifs is 3. The van der Waals surface area contributed by atoms with Crippen LogP contribution in [0.3, 0.4) is 0 Å². The highest BCUT2D eigenvalue weighted by molar-refractivity contribution is 9.10. The monoisotopic (exact) mass is 267 g/mol. The maximum atomic E-state index is 5.84. The Hall–Kier alpha value is -0.540. The topological polar surface area (TPSA) is 21.3 Å². The fourth-order valence-corrected chi connectivity index (χ4v) is 3.11. The van der Waals surface area contributed by atoms with Gasteiger partial charge in [0.25, 0.3) is 0 Å². The molecule has 2 aliphatic rings. The zero-order chi connectivity index (χ0) is 10.3. The summed E-state index contributed by atoms with van der Waals surface area (Å²) in [5.74, 6) is 1.69. The van der Waals surface area contributed by atoms with Gasteiger partial charge >= 0.3 is 0 Å². The van der Waals surface area contributed by atoms with Gasteiger partial charge in [-0.2, -0.15) is 0 Å². The maximum absolute atomic E-state index is 5.84. The molecule has 2 aliphatic heterocycles. The quantitative estimate of drug-likeness (QED) is 0.781. The van der Waals surface area contributed by atoms with Crippen molar-refractivity contribution < 1.29 is 4.74 Å².